The molecule has 0 atom stereocenters. The Labute approximate surface area is 306 Å². The van der Waals surface area contributed by atoms with Gasteiger partial charge >= 0.3 is 0 Å². The zero-order valence-electron chi connectivity index (χ0n) is 28.6. The van der Waals surface area contributed by atoms with Crippen molar-refractivity contribution in [3.8, 4) is 11.1 Å². The highest BCUT2D eigenvalue weighted by Gasteiger charge is 2.45. The minimum absolute atomic E-state index is 0.226. The molecular formula is C47H34N4O2. The second-order valence-electron chi connectivity index (χ2n) is 13.4. The Bertz CT molecular complexity index is 2530. The first-order chi connectivity index (χ1) is 25.9. The van der Waals surface area contributed by atoms with Gasteiger partial charge in [-0.15, -0.1) is 0 Å². The largest absolute Gasteiger partial charge is 0.398 e. The summed E-state index contributed by atoms with van der Waals surface area (Å²) >= 11 is 0. The van der Waals surface area contributed by atoms with Crippen LogP contribution < -0.4 is 22.1 Å². The molecule has 0 radical (unpaired) electrons. The molecule has 0 aromatic heterocycles. The van der Waals surface area contributed by atoms with Crippen molar-refractivity contribution in [3.63, 3.8) is 0 Å². The van der Waals surface area contributed by atoms with Crippen molar-refractivity contribution in [2.45, 2.75) is 5.41 Å². The number of carbonyl (C=O) groups excluding carboxylic acids is 2. The molecule has 0 unspecified atom stereocenters. The van der Waals surface area contributed by atoms with E-state index in [1.54, 1.807) is 12.1 Å². The van der Waals surface area contributed by atoms with E-state index in [1.165, 1.54) is 11.1 Å². The molecule has 6 nitrogen and oxygen atoms in total. The third kappa shape index (κ3) is 5.11. The highest BCUT2D eigenvalue weighted by molar-refractivity contribution is 6.17. The van der Waals surface area contributed by atoms with Crippen LogP contribution in [0.25, 0.3) is 32.7 Å². The second kappa shape index (κ2) is 12.5. The van der Waals surface area contributed by atoms with E-state index in [9.17, 15) is 9.59 Å². The van der Waals surface area contributed by atoms with E-state index in [4.69, 9.17) is 11.5 Å². The van der Waals surface area contributed by atoms with Gasteiger partial charge < -0.3 is 22.1 Å². The number of anilines is 4. The predicted molar refractivity (Wildman–Crippen MR) is 216 cm³/mol. The fraction of sp³-hybridized carbons (Fsp3) is 0.0213. The topological polar surface area (TPSA) is 110 Å². The Morgan fingerprint density at radius 3 is 1.21 bits per heavy atom. The van der Waals surface area contributed by atoms with Gasteiger partial charge in [-0.3, -0.25) is 9.59 Å². The molecule has 9 rings (SSSR count). The molecule has 254 valence electrons. The molecule has 0 aliphatic heterocycles. The van der Waals surface area contributed by atoms with Gasteiger partial charge in [0, 0.05) is 44.6 Å². The number of carbonyl (C=O) groups is 2. The molecular weight excluding hydrogens is 653 g/mol. The van der Waals surface area contributed by atoms with Crippen LogP contribution in [0.2, 0.25) is 0 Å². The molecule has 6 N–H and O–H groups in total. The summed E-state index contributed by atoms with van der Waals surface area (Å²) in [5.41, 5.74) is 22.2. The third-order valence-corrected chi connectivity index (χ3v) is 10.5. The molecule has 53 heavy (non-hydrogen) atoms. The molecule has 0 heterocycles. The third-order valence-electron chi connectivity index (χ3n) is 10.5. The number of fused-ring (bicyclic) bond motifs is 5. The van der Waals surface area contributed by atoms with Gasteiger partial charge in [-0.05, 0) is 92.7 Å². The van der Waals surface area contributed by atoms with E-state index in [2.05, 4.69) is 83.4 Å². The summed E-state index contributed by atoms with van der Waals surface area (Å²) in [6.07, 6.45) is 0. The zero-order chi connectivity index (χ0) is 36.1. The van der Waals surface area contributed by atoms with Crippen molar-refractivity contribution in [1.29, 1.82) is 0 Å². The maximum absolute atomic E-state index is 13.6. The lowest BCUT2D eigenvalue weighted by Gasteiger charge is -2.34. The average Bonchev–Trinajstić information content (AvgIpc) is 3.49. The molecule has 1 aliphatic carbocycles. The quantitative estimate of drug-likeness (QED) is 0.131. The highest BCUT2D eigenvalue weighted by Crippen LogP contribution is 2.56. The highest BCUT2D eigenvalue weighted by atomic mass is 16.2. The molecule has 0 spiro atoms. The lowest BCUT2D eigenvalue weighted by molar-refractivity contribution is 0.102. The first-order valence-corrected chi connectivity index (χ1v) is 17.5. The normalized spacial score (nSPS) is 12.6. The molecule has 8 aromatic rings. The van der Waals surface area contributed by atoms with Crippen molar-refractivity contribution in [3.05, 3.63) is 203 Å². The molecule has 0 bridgehead atoms. The number of benzene rings is 8. The van der Waals surface area contributed by atoms with Gasteiger partial charge in [-0.2, -0.15) is 0 Å². The molecule has 6 heteroatoms. The summed E-state index contributed by atoms with van der Waals surface area (Å²) in [6, 6.07) is 55.8. The molecule has 0 saturated heterocycles. The van der Waals surface area contributed by atoms with Crippen molar-refractivity contribution in [1.82, 2.24) is 0 Å². The minimum Gasteiger partial charge on any atom is -0.398 e. The van der Waals surface area contributed by atoms with Gasteiger partial charge in [0.1, 0.15) is 0 Å². The number of rotatable bonds is 6. The minimum atomic E-state index is -0.660. The molecule has 0 saturated carbocycles. The van der Waals surface area contributed by atoms with Gasteiger partial charge in [0.2, 0.25) is 0 Å². The van der Waals surface area contributed by atoms with Gasteiger partial charge in [-0.25, -0.2) is 0 Å². The van der Waals surface area contributed by atoms with Gasteiger partial charge in [-0.1, -0.05) is 121 Å². The number of amides is 2. The summed E-state index contributed by atoms with van der Waals surface area (Å²) in [5.74, 6) is -0.451. The van der Waals surface area contributed by atoms with Crippen LogP contribution in [0.1, 0.15) is 43.0 Å². The van der Waals surface area contributed by atoms with Gasteiger partial charge in [0.05, 0.1) is 5.41 Å². The lowest BCUT2D eigenvalue weighted by atomic mass is 9.67. The van der Waals surface area contributed by atoms with Crippen molar-refractivity contribution in [2.24, 2.45) is 0 Å². The average molecular weight is 687 g/mol. The van der Waals surface area contributed by atoms with Gasteiger partial charge in [0.15, 0.2) is 0 Å². The first-order valence-electron chi connectivity index (χ1n) is 17.5. The summed E-state index contributed by atoms with van der Waals surface area (Å²) < 4.78 is 0. The summed E-state index contributed by atoms with van der Waals surface area (Å²) in [4.78, 5) is 27.2. The SMILES string of the molecule is Nc1cccc2cccc(C(=O)Nc3ccc(C4(c5ccc(NC(=O)c6cccc7cccc(N)c67)cc5)c5ccccc5-c5ccccc54)cc3)c12. The Balaban J connectivity index is 1.10. The summed E-state index contributed by atoms with van der Waals surface area (Å²) in [7, 11) is 0. The number of nitrogen functional groups attached to an aromatic ring is 2. The fourth-order valence-electron chi connectivity index (χ4n) is 8.15. The first kappa shape index (κ1) is 31.8. The fourth-order valence-corrected chi connectivity index (χ4v) is 8.15. The van der Waals surface area contributed by atoms with Crippen LogP contribution in [0, 0.1) is 0 Å². The van der Waals surface area contributed by atoms with Gasteiger partial charge in [0.25, 0.3) is 11.8 Å². The van der Waals surface area contributed by atoms with E-state index in [0.29, 0.717) is 33.9 Å². The van der Waals surface area contributed by atoms with E-state index in [1.807, 2.05) is 84.9 Å². The van der Waals surface area contributed by atoms with Crippen LogP contribution in [-0.4, -0.2) is 11.8 Å². The second-order valence-corrected chi connectivity index (χ2v) is 13.4. The Morgan fingerprint density at radius 1 is 0.415 bits per heavy atom. The van der Waals surface area contributed by atoms with E-state index in [-0.39, 0.29) is 11.8 Å². The molecule has 8 aromatic carbocycles. The van der Waals surface area contributed by atoms with Crippen LogP contribution >= 0.6 is 0 Å². The monoisotopic (exact) mass is 686 g/mol. The number of nitrogens with one attached hydrogen (secondary N) is 2. The zero-order valence-corrected chi connectivity index (χ0v) is 28.6. The molecule has 2 amide bonds. The maximum Gasteiger partial charge on any atom is 0.256 e. The van der Waals surface area contributed by atoms with Crippen molar-refractivity contribution >= 4 is 56.1 Å². The summed E-state index contributed by atoms with van der Waals surface area (Å²) in [6.45, 7) is 0. The van der Waals surface area contributed by atoms with Crippen LogP contribution in [0.15, 0.2) is 170 Å². The predicted octanol–water partition coefficient (Wildman–Crippen LogP) is 10.0. The standard InChI is InChI=1S/C47H34N4O2/c48-41-19-7-11-29-9-5-15-37(43(29)41)45(52)50-33-25-21-31(22-26-33)47(39-17-3-1-13-35(39)36-14-2-4-18-40(36)47)32-23-27-34(28-24-32)51-46(53)38-16-6-10-30-12-8-20-42(49)44(30)38/h1-28H,48-49H2,(H,50,52)(H,51,53). The summed E-state index contributed by atoms with van der Waals surface area (Å²) in [5, 5.41) is 9.50. The molecule has 0 fully saturated rings. The van der Waals surface area contributed by atoms with Crippen molar-refractivity contribution in [2.75, 3.05) is 22.1 Å². The lowest BCUT2D eigenvalue weighted by Crippen LogP contribution is -2.28. The van der Waals surface area contributed by atoms with Crippen LogP contribution in [0.5, 0.6) is 0 Å². The number of hydrogen-bond acceptors (Lipinski definition) is 4. The van der Waals surface area contributed by atoms with Crippen LogP contribution in [0.4, 0.5) is 22.7 Å². The van der Waals surface area contributed by atoms with E-state index in [0.717, 1.165) is 43.8 Å². The Kier molecular flexibility index (Phi) is 7.52. The molecule has 1 aliphatic rings. The number of nitrogens with two attached hydrogens (primary N) is 2. The van der Waals surface area contributed by atoms with Crippen LogP contribution in [-0.2, 0) is 5.41 Å². The van der Waals surface area contributed by atoms with Crippen LogP contribution in [0.3, 0.4) is 0 Å². The number of hydrogen-bond donors (Lipinski definition) is 4. The van der Waals surface area contributed by atoms with Crippen molar-refractivity contribution < 1.29 is 9.59 Å². The van der Waals surface area contributed by atoms with E-state index >= 15 is 0 Å². The Morgan fingerprint density at radius 2 is 0.792 bits per heavy atom. The Hall–Kier alpha value is -7.18. The smallest absolute Gasteiger partial charge is 0.256 e. The maximum atomic E-state index is 13.6. The van der Waals surface area contributed by atoms with E-state index < -0.39 is 5.41 Å².